The van der Waals surface area contributed by atoms with E-state index in [9.17, 15) is 0 Å². The Morgan fingerprint density at radius 1 is 0.403 bits per heavy atom. The number of nitrogens with zero attached hydrogens (tertiary/aromatic N) is 1. The van der Waals surface area contributed by atoms with Crippen LogP contribution in [0.5, 0.6) is 0 Å². The average Bonchev–Trinajstić information content (AvgIpc) is 3.80. The van der Waals surface area contributed by atoms with Gasteiger partial charge in [0.05, 0.1) is 16.4 Å². The summed E-state index contributed by atoms with van der Waals surface area (Å²) in [4.78, 5) is 0. The number of benzene rings is 11. The molecule has 1 nitrogen and oxygen atoms in total. The maximum Gasteiger partial charge on any atom is 0.0714 e. The highest BCUT2D eigenvalue weighted by molar-refractivity contribution is 6.32. The fraction of sp³-hybridized carbons (Fsp3) is 0.0303. The molecule has 0 atom stereocenters. The first kappa shape index (κ1) is 37.8. The van der Waals surface area contributed by atoms with Gasteiger partial charge in [0, 0.05) is 21.8 Å². The number of hydrogen-bond donors (Lipinski definition) is 0. The predicted molar refractivity (Wildman–Crippen MR) is 283 cm³/mol. The van der Waals surface area contributed by atoms with E-state index in [0.717, 1.165) is 12.1 Å². The topological polar surface area (TPSA) is 4.93 Å². The number of rotatable bonds is 5. The molecule has 0 saturated heterocycles. The first-order chi connectivity index (χ1) is 33.2. The van der Waals surface area contributed by atoms with Gasteiger partial charge < -0.3 is 4.57 Å². The summed E-state index contributed by atoms with van der Waals surface area (Å²) in [5.41, 5.74) is 18.5. The maximum absolute atomic E-state index is 2.56. The van der Waals surface area contributed by atoms with Crippen LogP contribution in [0.1, 0.15) is 38.9 Å². The minimum atomic E-state index is -0.504. The zero-order chi connectivity index (χ0) is 44.1. The molecule has 0 saturated carbocycles. The second kappa shape index (κ2) is 14.8. The second-order valence-electron chi connectivity index (χ2n) is 18.3. The molecule has 2 aliphatic rings. The highest BCUT2D eigenvalue weighted by atomic mass is 15.0. The van der Waals surface area contributed by atoms with Crippen LogP contribution < -0.4 is 0 Å². The summed E-state index contributed by atoms with van der Waals surface area (Å²) in [6.45, 7) is 0. The Labute approximate surface area is 389 Å². The zero-order valence-electron chi connectivity index (χ0n) is 36.8. The third kappa shape index (κ3) is 5.55. The molecular weight excluding hydrogens is 807 g/mol. The molecule has 0 radical (unpaired) electrons. The Balaban J connectivity index is 0.990. The highest BCUT2D eigenvalue weighted by Crippen LogP contribution is 2.57. The molecular formula is C66H43N. The molecule has 12 aromatic rings. The van der Waals surface area contributed by atoms with Gasteiger partial charge in [0.1, 0.15) is 0 Å². The monoisotopic (exact) mass is 849 g/mol. The van der Waals surface area contributed by atoms with Crippen LogP contribution in [0.3, 0.4) is 0 Å². The molecule has 0 fully saturated rings. The summed E-state index contributed by atoms with van der Waals surface area (Å²) in [6, 6.07) is 86.2. The number of fused-ring (bicyclic) bond motifs is 13. The lowest BCUT2D eigenvalue weighted by atomic mass is 9.67. The van der Waals surface area contributed by atoms with Gasteiger partial charge in [-0.3, -0.25) is 0 Å². The SMILES string of the molecule is C1=Cc2cc(-c3ccc4c(c3)c3c5ccccc5c5ccccc5c3n4-c3ccc4c(c3)C(c3ccccc3)(c3ccccc3)c3ccccc3-4)ccc2CC(c2cccc3ccccc23)=C1. The molecule has 0 amide bonds. The van der Waals surface area contributed by atoms with Gasteiger partial charge in [0.2, 0.25) is 0 Å². The van der Waals surface area contributed by atoms with Crippen molar-refractivity contribution >= 4 is 65.8 Å². The van der Waals surface area contributed by atoms with E-state index >= 15 is 0 Å². The average molecular weight is 850 g/mol. The van der Waals surface area contributed by atoms with Gasteiger partial charge in [0.15, 0.2) is 0 Å². The smallest absolute Gasteiger partial charge is 0.0714 e. The molecule has 67 heavy (non-hydrogen) atoms. The van der Waals surface area contributed by atoms with Gasteiger partial charge >= 0.3 is 0 Å². The highest BCUT2D eigenvalue weighted by Gasteiger charge is 2.46. The summed E-state index contributed by atoms with van der Waals surface area (Å²) >= 11 is 0. The molecule has 0 N–H and O–H groups in total. The van der Waals surface area contributed by atoms with Crippen molar-refractivity contribution in [2.45, 2.75) is 11.8 Å². The first-order valence-corrected chi connectivity index (χ1v) is 23.5. The van der Waals surface area contributed by atoms with Crippen LogP contribution >= 0.6 is 0 Å². The van der Waals surface area contributed by atoms with Crippen molar-refractivity contribution < 1.29 is 0 Å². The largest absolute Gasteiger partial charge is 0.309 e. The molecule has 11 aromatic carbocycles. The lowest BCUT2D eigenvalue weighted by Gasteiger charge is -2.34. The summed E-state index contributed by atoms with van der Waals surface area (Å²) in [5, 5.41) is 10.2. The number of hydrogen-bond acceptors (Lipinski definition) is 0. The van der Waals surface area contributed by atoms with Crippen LogP contribution in [0.2, 0.25) is 0 Å². The first-order valence-electron chi connectivity index (χ1n) is 23.5. The number of aromatic nitrogens is 1. The molecule has 1 heteroatoms. The van der Waals surface area contributed by atoms with Gasteiger partial charge in [-0.2, -0.15) is 0 Å². The molecule has 312 valence electrons. The summed E-state index contributed by atoms with van der Waals surface area (Å²) in [6.07, 6.45) is 7.71. The van der Waals surface area contributed by atoms with Crippen molar-refractivity contribution in [1.29, 1.82) is 0 Å². The van der Waals surface area contributed by atoms with E-state index < -0.39 is 5.41 Å². The van der Waals surface area contributed by atoms with Crippen LogP contribution in [-0.2, 0) is 11.8 Å². The van der Waals surface area contributed by atoms with Crippen LogP contribution in [0.15, 0.2) is 243 Å². The van der Waals surface area contributed by atoms with E-state index in [0.29, 0.717) is 0 Å². The minimum absolute atomic E-state index is 0.504. The van der Waals surface area contributed by atoms with E-state index in [-0.39, 0.29) is 0 Å². The molecule has 0 spiro atoms. The van der Waals surface area contributed by atoms with E-state index in [2.05, 4.69) is 253 Å². The van der Waals surface area contributed by atoms with Crippen LogP contribution in [0.4, 0.5) is 0 Å². The standard InChI is InChI=1S/C66H43N/c1-3-21-49(22-4-1)66(50-23-5-2-6-24-50)61-32-14-13-28-56(61)57-37-36-51(42-62(57)66)67-63-38-35-47(41-60(63)64-58-29-11-9-26-54(58)55-27-10-12-30-59(55)65(64)67)45-33-34-46-40-48(20-15-19-44(46)39-45)53-31-16-18-43-17-7-8-25-52(43)53/h1-39,41-42H,40H2. The molecule has 0 bridgehead atoms. The predicted octanol–water partition coefficient (Wildman–Crippen LogP) is 16.9. The molecule has 0 aliphatic heterocycles. The van der Waals surface area contributed by atoms with Crippen molar-refractivity contribution in [3.05, 3.63) is 282 Å². The molecule has 1 heterocycles. The fourth-order valence-corrected chi connectivity index (χ4v) is 12.0. The molecule has 14 rings (SSSR count). The Bertz CT molecular complexity index is 4010. The van der Waals surface area contributed by atoms with Gasteiger partial charge in [0.25, 0.3) is 0 Å². The fourth-order valence-electron chi connectivity index (χ4n) is 12.0. The number of allylic oxidation sites excluding steroid dienone is 3. The van der Waals surface area contributed by atoms with Crippen molar-refractivity contribution in [1.82, 2.24) is 4.57 Å². The lowest BCUT2D eigenvalue weighted by molar-refractivity contribution is 0.767. The zero-order valence-corrected chi connectivity index (χ0v) is 36.8. The maximum atomic E-state index is 2.56. The Hall–Kier alpha value is -8.52. The van der Waals surface area contributed by atoms with Crippen molar-refractivity contribution in [2.24, 2.45) is 0 Å². The third-order valence-corrected chi connectivity index (χ3v) is 14.9. The van der Waals surface area contributed by atoms with Crippen molar-refractivity contribution in [3.63, 3.8) is 0 Å². The second-order valence-corrected chi connectivity index (χ2v) is 18.3. The lowest BCUT2D eigenvalue weighted by Crippen LogP contribution is -2.28. The normalized spacial score (nSPS) is 13.8. The summed E-state index contributed by atoms with van der Waals surface area (Å²) < 4.78 is 2.56. The summed E-state index contributed by atoms with van der Waals surface area (Å²) in [5.74, 6) is 0. The molecule has 0 unspecified atom stereocenters. The summed E-state index contributed by atoms with van der Waals surface area (Å²) in [7, 11) is 0. The van der Waals surface area contributed by atoms with Gasteiger partial charge in [-0.1, -0.05) is 218 Å². The van der Waals surface area contributed by atoms with Crippen LogP contribution in [0, 0.1) is 0 Å². The van der Waals surface area contributed by atoms with Gasteiger partial charge in [-0.15, -0.1) is 0 Å². The quantitative estimate of drug-likeness (QED) is 0.152. The molecule has 2 aliphatic carbocycles. The Morgan fingerprint density at radius 3 is 1.82 bits per heavy atom. The van der Waals surface area contributed by atoms with Crippen LogP contribution in [0.25, 0.3) is 93.7 Å². The van der Waals surface area contributed by atoms with Crippen molar-refractivity contribution in [2.75, 3.05) is 0 Å². The molecule has 1 aromatic heterocycles. The van der Waals surface area contributed by atoms with Gasteiger partial charge in [-0.25, -0.2) is 0 Å². The van der Waals surface area contributed by atoms with Gasteiger partial charge in [-0.05, 0) is 130 Å². The van der Waals surface area contributed by atoms with E-state index in [1.54, 1.807) is 0 Å². The van der Waals surface area contributed by atoms with E-state index in [1.807, 2.05) is 0 Å². The minimum Gasteiger partial charge on any atom is -0.309 e. The van der Waals surface area contributed by atoms with E-state index in [4.69, 9.17) is 0 Å². The van der Waals surface area contributed by atoms with Crippen LogP contribution in [-0.4, -0.2) is 4.57 Å². The third-order valence-electron chi connectivity index (χ3n) is 14.9. The van der Waals surface area contributed by atoms with Crippen molar-refractivity contribution in [3.8, 4) is 27.9 Å². The Morgan fingerprint density at radius 2 is 1.01 bits per heavy atom. The Kier molecular flexibility index (Phi) is 8.33. The van der Waals surface area contributed by atoms with E-state index in [1.165, 1.54) is 121 Å².